The second-order valence-corrected chi connectivity index (χ2v) is 8.21. The third-order valence-corrected chi connectivity index (χ3v) is 6.11. The molecule has 5 rings (SSSR count). The van der Waals surface area contributed by atoms with Gasteiger partial charge in [0.15, 0.2) is 17.2 Å². The number of halogens is 1. The van der Waals surface area contributed by atoms with Crippen molar-refractivity contribution in [2.24, 2.45) is 5.41 Å². The Labute approximate surface area is 188 Å². The lowest BCUT2D eigenvalue weighted by Gasteiger charge is -2.47. The highest BCUT2D eigenvalue weighted by Gasteiger charge is 2.45. The molecule has 0 bridgehead atoms. The summed E-state index contributed by atoms with van der Waals surface area (Å²) >= 11 is 0. The number of hydrogen-bond acceptors (Lipinski definition) is 4. The molecular formula is C25H31FN4O2. The Balaban J connectivity index is 0.000000180. The van der Waals surface area contributed by atoms with Crippen LogP contribution >= 0.6 is 0 Å². The van der Waals surface area contributed by atoms with Gasteiger partial charge in [0.25, 0.3) is 0 Å². The summed E-state index contributed by atoms with van der Waals surface area (Å²) in [6.45, 7) is 11.4. The number of carbonyl (C=O) groups is 1. The summed E-state index contributed by atoms with van der Waals surface area (Å²) < 4.78 is 13.3. The highest BCUT2D eigenvalue weighted by molar-refractivity contribution is 5.87. The summed E-state index contributed by atoms with van der Waals surface area (Å²) in [5.41, 5.74) is 3.01. The van der Waals surface area contributed by atoms with Crippen LogP contribution < -0.4 is 0 Å². The Morgan fingerprint density at radius 1 is 1.25 bits per heavy atom. The van der Waals surface area contributed by atoms with Crippen LogP contribution in [0.25, 0.3) is 22.3 Å². The van der Waals surface area contributed by atoms with Crippen molar-refractivity contribution in [3.8, 4) is 17.0 Å². The number of nitrogens with zero attached hydrogens (tertiary/aromatic N) is 3. The molecule has 2 N–H and O–H groups in total. The molecule has 0 unspecified atom stereocenters. The number of aromatic amines is 1. The first-order valence-corrected chi connectivity index (χ1v) is 11.1. The van der Waals surface area contributed by atoms with E-state index in [1.54, 1.807) is 12.1 Å². The molecule has 1 aliphatic heterocycles. The quantitative estimate of drug-likeness (QED) is 0.526. The number of rotatable bonds is 2. The molecule has 32 heavy (non-hydrogen) atoms. The Kier molecular flexibility index (Phi) is 7.28. The van der Waals surface area contributed by atoms with Gasteiger partial charge in [0.05, 0.1) is 5.69 Å². The van der Waals surface area contributed by atoms with E-state index in [-0.39, 0.29) is 5.91 Å². The lowest BCUT2D eigenvalue weighted by atomic mass is 9.78. The minimum atomic E-state index is -0.666. The number of benzene rings is 1. The van der Waals surface area contributed by atoms with Crippen molar-refractivity contribution in [2.75, 3.05) is 13.1 Å². The minimum absolute atomic E-state index is 0.104. The smallest absolute Gasteiger partial charge is 0.245 e. The lowest BCUT2D eigenvalue weighted by Crippen LogP contribution is -2.56. The van der Waals surface area contributed by atoms with E-state index in [2.05, 4.69) is 21.8 Å². The van der Waals surface area contributed by atoms with Gasteiger partial charge >= 0.3 is 0 Å². The zero-order chi connectivity index (χ0) is 23.3. The Morgan fingerprint density at radius 3 is 2.59 bits per heavy atom. The fourth-order valence-electron chi connectivity index (χ4n) is 4.40. The highest BCUT2D eigenvalue weighted by atomic mass is 19.1. The summed E-state index contributed by atoms with van der Waals surface area (Å²) in [7, 11) is 0. The molecule has 6 nitrogen and oxygen atoms in total. The molecule has 3 aromatic rings. The van der Waals surface area contributed by atoms with Gasteiger partial charge in [0.2, 0.25) is 5.91 Å². The van der Waals surface area contributed by atoms with Crippen LogP contribution in [-0.2, 0) is 4.79 Å². The average molecular weight is 439 g/mol. The van der Waals surface area contributed by atoms with Crippen LogP contribution in [-0.4, -0.2) is 44.2 Å². The van der Waals surface area contributed by atoms with Gasteiger partial charge < -0.3 is 15.0 Å². The van der Waals surface area contributed by atoms with E-state index in [1.807, 2.05) is 31.9 Å². The second-order valence-electron chi connectivity index (χ2n) is 8.21. The second kappa shape index (κ2) is 9.94. The molecule has 1 saturated carbocycles. The van der Waals surface area contributed by atoms with Crippen LogP contribution in [0.1, 0.15) is 45.1 Å². The van der Waals surface area contributed by atoms with E-state index in [4.69, 9.17) is 0 Å². The van der Waals surface area contributed by atoms with Crippen LogP contribution in [0.4, 0.5) is 4.39 Å². The number of para-hydroxylation sites is 1. The number of likely N-dealkylation sites (tertiary alicyclic amines) is 1. The predicted molar refractivity (Wildman–Crippen MR) is 125 cm³/mol. The number of aromatic hydroxyl groups is 1. The van der Waals surface area contributed by atoms with Crippen molar-refractivity contribution in [1.29, 1.82) is 0 Å². The largest absolute Gasteiger partial charge is 0.504 e. The number of carbonyl (C=O) groups excluding carboxylic acids is 1. The monoisotopic (exact) mass is 438 g/mol. The maximum absolute atomic E-state index is 13.3. The highest BCUT2D eigenvalue weighted by Crippen LogP contribution is 2.45. The van der Waals surface area contributed by atoms with Gasteiger partial charge in [-0.2, -0.15) is 0 Å². The minimum Gasteiger partial charge on any atom is -0.504 e. The van der Waals surface area contributed by atoms with E-state index < -0.39 is 11.6 Å². The maximum Gasteiger partial charge on any atom is 0.245 e. The Hall–Kier alpha value is -3.22. The molecule has 2 aromatic heterocycles. The van der Waals surface area contributed by atoms with E-state index in [0.717, 1.165) is 24.0 Å². The van der Waals surface area contributed by atoms with Gasteiger partial charge in [-0.25, -0.2) is 4.39 Å². The number of hydrogen-bond donors (Lipinski definition) is 2. The summed E-state index contributed by atoms with van der Waals surface area (Å²) in [6, 6.07) is 6.12. The summed E-state index contributed by atoms with van der Waals surface area (Å²) in [6.07, 6.45) is 8.62. The molecule has 1 amide bonds. The standard InChI is InChI=1S/C13H10FN3O.C10H15NO.C2H6/c1-7-6-15-13-9(7)5-11(16-17-13)8-3-2-4-10(14)12(8)18;1-2-9(12)11-7-10(8-11)5-3-4-6-10;1-2/h2-6,18H,1H3,(H,15,17);2H,1,3-8H2;1-2H3. The third kappa shape index (κ3) is 4.66. The van der Waals surface area contributed by atoms with Gasteiger partial charge in [0, 0.05) is 35.7 Å². The maximum atomic E-state index is 13.3. The fourth-order valence-corrected chi connectivity index (χ4v) is 4.40. The van der Waals surface area contributed by atoms with Crippen molar-refractivity contribution >= 4 is 16.9 Å². The third-order valence-electron chi connectivity index (χ3n) is 6.11. The number of aromatic nitrogens is 3. The van der Waals surface area contributed by atoms with E-state index >= 15 is 0 Å². The molecule has 0 atom stereocenters. The molecule has 1 aromatic carbocycles. The molecule has 2 fully saturated rings. The number of H-pyrrole nitrogens is 1. The van der Waals surface area contributed by atoms with Crippen LogP contribution in [0.5, 0.6) is 5.75 Å². The average Bonchev–Trinajstić information content (AvgIpc) is 3.43. The lowest BCUT2D eigenvalue weighted by molar-refractivity contribution is -0.137. The number of nitrogens with one attached hydrogen (secondary N) is 1. The first kappa shape index (κ1) is 23.4. The molecule has 1 aliphatic carbocycles. The first-order chi connectivity index (χ1) is 15.4. The molecule has 7 heteroatoms. The van der Waals surface area contributed by atoms with E-state index in [9.17, 15) is 14.3 Å². The van der Waals surface area contributed by atoms with Crippen LogP contribution in [0, 0.1) is 18.2 Å². The van der Waals surface area contributed by atoms with Gasteiger partial charge in [0.1, 0.15) is 0 Å². The van der Waals surface area contributed by atoms with Crippen molar-refractivity contribution in [3.63, 3.8) is 0 Å². The number of phenols is 1. The number of aryl methyl sites for hydroxylation is 1. The normalized spacial score (nSPS) is 15.9. The van der Waals surface area contributed by atoms with Crippen LogP contribution in [0.2, 0.25) is 0 Å². The van der Waals surface area contributed by atoms with E-state index in [0.29, 0.717) is 22.3 Å². The molecular weight excluding hydrogens is 407 g/mol. The van der Waals surface area contributed by atoms with Gasteiger partial charge in [-0.3, -0.25) is 4.79 Å². The zero-order valence-corrected chi connectivity index (χ0v) is 19.0. The van der Waals surface area contributed by atoms with Gasteiger partial charge in [-0.05, 0) is 49.6 Å². The summed E-state index contributed by atoms with van der Waals surface area (Å²) in [5.74, 6) is -0.966. The number of amides is 1. The Morgan fingerprint density at radius 2 is 1.94 bits per heavy atom. The number of fused-ring (bicyclic) bond motifs is 1. The molecule has 2 aliphatic rings. The molecule has 170 valence electrons. The molecule has 1 spiro atoms. The molecule has 3 heterocycles. The Bertz CT molecular complexity index is 1090. The van der Waals surface area contributed by atoms with Crippen molar-refractivity contribution in [3.05, 3.63) is 54.5 Å². The first-order valence-electron chi connectivity index (χ1n) is 11.1. The molecule has 0 radical (unpaired) electrons. The van der Waals surface area contributed by atoms with Crippen molar-refractivity contribution in [2.45, 2.75) is 46.5 Å². The van der Waals surface area contributed by atoms with Crippen LogP contribution in [0.15, 0.2) is 43.1 Å². The predicted octanol–water partition coefficient (Wildman–Crippen LogP) is 5.38. The topological polar surface area (TPSA) is 82.1 Å². The zero-order valence-electron chi connectivity index (χ0n) is 19.0. The SMILES string of the molecule is C=CC(=O)N1CC2(CCCC2)C1.CC.Cc1c[nH]c2nnc(-c3cccc(F)c3O)cc12. The number of phenolic OH excluding ortho intramolecular Hbond substituents is 1. The fraction of sp³-hybridized carbons (Fsp3) is 0.400. The van der Waals surface area contributed by atoms with Crippen LogP contribution in [0.3, 0.4) is 0 Å². The summed E-state index contributed by atoms with van der Waals surface area (Å²) in [5, 5.41) is 18.6. The van der Waals surface area contributed by atoms with Crippen molar-refractivity contribution < 1.29 is 14.3 Å². The van der Waals surface area contributed by atoms with Gasteiger partial charge in [-0.15, -0.1) is 10.2 Å². The van der Waals surface area contributed by atoms with Crippen molar-refractivity contribution in [1.82, 2.24) is 20.1 Å². The summed E-state index contributed by atoms with van der Waals surface area (Å²) in [4.78, 5) is 16.0. The van der Waals surface area contributed by atoms with E-state index in [1.165, 1.54) is 43.9 Å². The van der Waals surface area contributed by atoms with Gasteiger partial charge in [-0.1, -0.05) is 39.3 Å². The molecule has 1 saturated heterocycles.